The van der Waals surface area contributed by atoms with E-state index in [1.54, 1.807) is 6.92 Å². The second-order valence-corrected chi connectivity index (χ2v) is 6.32. The molecule has 1 atom stereocenters. The molecule has 0 spiro atoms. The van der Waals surface area contributed by atoms with Crippen LogP contribution in [0.1, 0.15) is 26.2 Å². The molecular weight excluding hydrogens is 322 g/mol. The molecule has 1 aliphatic rings. The van der Waals surface area contributed by atoms with Crippen LogP contribution in [0.2, 0.25) is 0 Å². The summed E-state index contributed by atoms with van der Waals surface area (Å²) in [6, 6.07) is 7.39. The van der Waals surface area contributed by atoms with E-state index in [1.165, 1.54) is 0 Å². The molecule has 0 aromatic heterocycles. The molecule has 1 aliphatic carbocycles. The van der Waals surface area contributed by atoms with E-state index in [4.69, 9.17) is 9.84 Å². The zero-order valence-electron chi connectivity index (χ0n) is 11.6. The molecule has 1 aromatic carbocycles. The minimum atomic E-state index is -0.527. The van der Waals surface area contributed by atoms with Gasteiger partial charge in [0, 0.05) is 17.6 Å². The quantitative estimate of drug-likeness (QED) is 0.801. The smallest absolute Gasteiger partial charge is 0.260 e. The van der Waals surface area contributed by atoms with Crippen LogP contribution in [0, 0.1) is 5.41 Å². The number of carbonyl (C=O) groups is 1. The summed E-state index contributed by atoms with van der Waals surface area (Å²) < 4.78 is 6.57. The van der Waals surface area contributed by atoms with Gasteiger partial charge in [0.25, 0.3) is 5.91 Å². The summed E-state index contributed by atoms with van der Waals surface area (Å²) >= 11 is 3.35. The van der Waals surface area contributed by atoms with Gasteiger partial charge in [-0.05, 0) is 55.9 Å². The molecule has 2 N–H and O–H groups in total. The Labute approximate surface area is 127 Å². The second kappa shape index (κ2) is 6.59. The highest BCUT2D eigenvalue weighted by Crippen LogP contribution is 2.47. The Morgan fingerprint density at radius 2 is 2.10 bits per heavy atom. The summed E-state index contributed by atoms with van der Waals surface area (Å²) in [4.78, 5) is 12.0. The molecule has 0 aliphatic heterocycles. The minimum absolute atomic E-state index is 0.114. The van der Waals surface area contributed by atoms with E-state index < -0.39 is 6.10 Å². The molecular formula is C15H20BrNO3. The van der Waals surface area contributed by atoms with Crippen molar-refractivity contribution in [2.75, 3.05) is 13.2 Å². The Hall–Kier alpha value is -1.07. The first-order valence-corrected chi connectivity index (χ1v) is 7.65. The molecule has 1 amide bonds. The lowest BCUT2D eigenvalue weighted by molar-refractivity contribution is -0.127. The molecule has 20 heavy (non-hydrogen) atoms. The van der Waals surface area contributed by atoms with Crippen molar-refractivity contribution in [1.29, 1.82) is 0 Å². The van der Waals surface area contributed by atoms with Crippen LogP contribution in [0.3, 0.4) is 0 Å². The predicted octanol–water partition coefficient (Wildman–Crippen LogP) is 2.50. The Kier molecular flexibility index (Phi) is 5.05. The van der Waals surface area contributed by atoms with Gasteiger partial charge in [-0.3, -0.25) is 4.79 Å². The molecule has 1 fully saturated rings. The summed E-state index contributed by atoms with van der Waals surface area (Å²) in [5.41, 5.74) is 0.127. The van der Waals surface area contributed by atoms with Gasteiger partial charge in [-0.1, -0.05) is 15.9 Å². The fourth-order valence-corrected chi connectivity index (χ4v) is 2.38. The molecule has 1 saturated carbocycles. The molecule has 0 saturated heterocycles. The number of halogens is 1. The SMILES string of the molecule is CC(Oc1ccc(Br)cc1)C(=O)NCC1(CCO)CC1. The van der Waals surface area contributed by atoms with Crippen molar-refractivity contribution in [2.45, 2.75) is 32.3 Å². The number of nitrogens with one attached hydrogen (secondary N) is 1. The lowest BCUT2D eigenvalue weighted by atomic mass is 10.0. The van der Waals surface area contributed by atoms with Gasteiger partial charge in [0.05, 0.1) is 0 Å². The van der Waals surface area contributed by atoms with E-state index in [-0.39, 0.29) is 17.9 Å². The summed E-state index contributed by atoms with van der Waals surface area (Å²) in [6.07, 6.45) is 2.39. The van der Waals surface area contributed by atoms with Crippen LogP contribution in [-0.4, -0.2) is 30.3 Å². The fourth-order valence-electron chi connectivity index (χ4n) is 2.12. The van der Waals surface area contributed by atoms with Crippen molar-refractivity contribution in [3.8, 4) is 5.75 Å². The van der Waals surface area contributed by atoms with Crippen LogP contribution in [0.5, 0.6) is 5.75 Å². The van der Waals surface area contributed by atoms with Gasteiger partial charge in [-0.15, -0.1) is 0 Å². The largest absolute Gasteiger partial charge is 0.481 e. The van der Waals surface area contributed by atoms with Crippen molar-refractivity contribution in [1.82, 2.24) is 5.32 Å². The lowest BCUT2D eigenvalue weighted by Gasteiger charge is -2.18. The van der Waals surface area contributed by atoms with Crippen molar-refractivity contribution in [2.24, 2.45) is 5.41 Å². The van der Waals surface area contributed by atoms with Crippen molar-refractivity contribution >= 4 is 21.8 Å². The van der Waals surface area contributed by atoms with Gasteiger partial charge in [0.2, 0.25) is 0 Å². The van der Waals surface area contributed by atoms with E-state index in [0.717, 1.165) is 23.7 Å². The predicted molar refractivity (Wildman–Crippen MR) is 80.6 cm³/mol. The van der Waals surface area contributed by atoms with E-state index >= 15 is 0 Å². The van der Waals surface area contributed by atoms with E-state index in [9.17, 15) is 4.79 Å². The molecule has 1 aromatic rings. The monoisotopic (exact) mass is 341 g/mol. The number of ether oxygens (including phenoxy) is 1. The van der Waals surface area contributed by atoms with E-state index in [2.05, 4.69) is 21.2 Å². The highest BCUT2D eigenvalue weighted by atomic mass is 79.9. The van der Waals surface area contributed by atoms with Gasteiger partial charge in [0.1, 0.15) is 5.75 Å². The molecule has 1 unspecified atom stereocenters. The normalized spacial score (nSPS) is 17.4. The van der Waals surface area contributed by atoms with Gasteiger partial charge >= 0.3 is 0 Å². The summed E-state index contributed by atoms with van der Waals surface area (Å²) in [6.45, 7) is 2.55. The fraction of sp³-hybridized carbons (Fsp3) is 0.533. The highest BCUT2D eigenvalue weighted by Gasteiger charge is 2.42. The van der Waals surface area contributed by atoms with Crippen molar-refractivity contribution in [3.05, 3.63) is 28.7 Å². The maximum atomic E-state index is 12.0. The summed E-state index contributed by atoms with van der Waals surface area (Å²) in [7, 11) is 0. The lowest BCUT2D eigenvalue weighted by Crippen LogP contribution is -2.39. The van der Waals surface area contributed by atoms with Crippen LogP contribution in [0.15, 0.2) is 28.7 Å². The topological polar surface area (TPSA) is 58.6 Å². The minimum Gasteiger partial charge on any atom is -0.481 e. The van der Waals surface area contributed by atoms with Gasteiger partial charge in [0.15, 0.2) is 6.10 Å². The standard InChI is InChI=1S/C15H20BrNO3/c1-11(20-13-4-2-12(16)3-5-13)14(19)17-10-15(6-7-15)8-9-18/h2-5,11,18H,6-10H2,1H3,(H,17,19). The highest BCUT2D eigenvalue weighted by molar-refractivity contribution is 9.10. The van der Waals surface area contributed by atoms with Crippen LogP contribution >= 0.6 is 15.9 Å². The van der Waals surface area contributed by atoms with Gasteiger partial charge in [-0.2, -0.15) is 0 Å². The summed E-state index contributed by atoms with van der Waals surface area (Å²) in [5.74, 6) is 0.560. The van der Waals surface area contributed by atoms with Crippen molar-refractivity contribution < 1.29 is 14.6 Å². The second-order valence-electron chi connectivity index (χ2n) is 5.41. The Morgan fingerprint density at radius 3 is 2.65 bits per heavy atom. The van der Waals surface area contributed by atoms with Crippen molar-refractivity contribution in [3.63, 3.8) is 0 Å². The first kappa shape index (κ1) is 15.3. The molecule has 5 heteroatoms. The Bertz CT molecular complexity index is 457. The van der Waals surface area contributed by atoms with Crippen LogP contribution in [0.25, 0.3) is 0 Å². The zero-order valence-corrected chi connectivity index (χ0v) is 13.1. The number of rotatable bonds is 7. The molecule has 0 bridgehead atoms. The molecule has 0 radical (unpaired) electrons. The van der Waals surface area contributed by atoms with Gasteiger partial charge in [-0.25, -0.2) is 0 Å². The molecule has 4 nitrogen and oxygen atoms in total. The Morgan fingerprint density at radius 1 is 1.45 bits per heavy atom. The average Bonchev–Trinajstić information content (AvgIpc) is 3.19. The Balaban J connectivity index is 1.78. The van der Waals surface area contributed by atoms with E-state index in [1.807, 2.05) is 24.3 Å². The number of amides is 1. The molecule has 2 rings (SSSR count). The van der Waals surface area contributed by atoms with E-state index in [0.29, 0.717) is 12.3 Å². The first-order chi connectivity index (χ1) is 9.54. The summed E-state index contributed by atoms with van der Waals surface area (Å²) in [5, 5.41) is 11.9. The third kappa shape index (κ3) is 4.21. The third-order valence-electron chi connectivity index (χ3n) is 3.73. The zero-order chi connectivity index (χ0) is 14.6. The maximum absolute atomic E-state index is 12.0. The number of carbonyl (C=O) groups excluding carboxylic acids is 1. The average molecular weight is 342 g/mol. The van der Waals surface area contributed by atoms with Gasteiger partial charge < -0.3 is 15.2 Å². The number of benzene rings is 1. The number of hydrogen-bond acceptors (Lipinski definition) is 3. The number of aliphatic hydroxyl groups is 1. The molecule has 110 valence electrons. The third-order valence-corrected chi connectivity index (χ3v) is 4.26. The molecule has 0 heterocycles. The van der Waals surface area contributed by atoms with Crippen LogP contribution in [0.4, 0.5) is 0 Å². The maximum Gasteiger partial charge on any atom is 0.260 e. The number of aliphatic hydroxyl groups excluding tert-OH is 1. The number of hydrogen-bond donors (Lipinski definition) is 2. The first-order valence-electron chi connectivity index (χ1n) is 6.85. The van der Waals surface area contributed by atoms with Crippen LogP contribution < -0.4 is 10.1 Å². The van der Waals surface area contributed by atoms with Crippen LogP contribution in [-0.2, 0) is 4.79 Å².